The first kappa shape index (κ1) is 25.0. The van der Waals surface area contributed by atoms with Crippen LogP contribution in [0.3, 0.4) is 0 Å². The van der Waals surface area contributed by atoms with Crippen molar-refractivity contribution >= 4 is 0 Å². The molecule has 0 heteroatoms. The highest BCUT2D eigenvalue weighted by Crippen LogP contribution is 2.38. The minimum Gasteiger partial charge on any atom is -0.0993 e. The van der Waals surface area contributed by atoms with Crippen LogP contribution in [0.4, 0.5) is 0 Å². The van der Waals surface area contributed by atoms with Crippen molar-refractivity contribution in [3.8, 4) is 0 Å². The molecule has 0 aliphatic carbocycles. The minimum absolute atomic E-state index is 0.406. The Morgan fingerprint density at radius 2 is 0.870 bits per heavy atom. The molecule has 0 saturated heterocycles. The van der Waals surface area contributed by atoms with Gasteiger partial charge in [0, 0.05) is 0 Å². The number of hydrogen-bond donors (Lipinski definition) is 0. The molecule has 0 aromatic carbocycles. The maximum Gasteiger partial charge on any atom is -0.0201 e. The standard InChI is InChI=1S/C18H36.C5H12/c1-10-15(12-17(4,5)6)14(3)16(11-2)13-18(7,8)9;1-5(2,3)4/h15-16H,3,10-13H2,1-2,4-9H3;1-4H3. The molecule has 23 heavy (non-hydrogen) atoms. The molecule has 0 aliphatic heterocycles. The molecule has 2 unspecified atom stereocenters. The van der Waals surface area contributed by atoms with Crippen LogP contribution in [0.2, 0.25) is 0 Å². The number of allylic oxidation sites excluding steroid dienone is 1. The van der Waals surface area contributed by atoms with Crippen LogP contribution in [0.5, 0.6) is 0 Å². The summed E-state index contributed by atoms with van der Waals surface area (Å²) in [4.78, 5) is 0. The fourth-order valence-electron chi connectivity index (χ4n) is 2.89. The molecule has 0 spiro atoms. The fraction of sp³-hybridized carbons (Fsp3) is 0.913. The molecule has 140 valence electrons. The van der Waals surface area contributed by atoms with E-state index in [-0.39, 0.29) is 0 Å². The second-order valence-electron chi connectivity index (χ2n) is 11.3. The Hall–Kier alpha value is -0.260. The van der Waals surface area contributed by atoms with Crippen LogP contribution in [0, 0.1) is 28.1 Å². The van der Waals surface area contributed by atoms with E-state index in [2.05, 4.69) is 89.7 Å². The Morgan fingerprint density at radius 3 is 1.00 bits per heavy atom. The third-order valence-corrected chi connectivity index (χ3v) is 3.75. The van der Waals surface area contributed by atoms with Crippen molar-refractivity contribution in [2.75, 3.05) is 0 Å². The van der Waals surface area contributed by atoms with Gasteiger partial charge in [0.15, 0.2) is 0 Å². The van der Waals surface area contributed by atoms with Crippen LogP contribution in [-0.4, -0.2) is 0 Å². The summed E-state index contributed by atoms with van der Waals surface area (Å²) < 4.78 is 0. The molecule has 0 rings (SSSR count). The lowest BCUT2D eigenvalue weighted by Gasteiger charge is -2.33. The van der Waals surface area contributed by atoms with E-state index >= 15 is 0 Å². The van der Waals surface area contributed by atoms with E-state index in [0.717, 1.165) is 0 Å². The lowest BCUT2D eigenvalue weighted by atomic mass is 9.72. The SMILES string of the molecule is C=C(C(CC)CC(C)(C)C)C(CC)CC(C)(C)C.CC(C)(C)C. The van der Waals surface area contributed by atoms with E-state index in [1.54, 1.807) is 0 Å². The Kier molecular flexibility index (Phi) is 10.8. The van der Waals surface area contributed by atoms with Crippen molar-refractivity contribution in [3.63, 3.8) is 0 Å². The first-order chi connectivity index (χ1) is 10.00. The van der Waals surface area contributed by atoms with Crippen LogP contribution in [0.15, 0.2) is 12.2 Å². The lowest BCUT2D eigenvalue weighted by molar-refractivity contribution is 0.265. The molecule has 0 radical (unpaired) electrons. The van der Waals surface area contributed by atoms with Gasteiger partial charge in [-0.2, -0.15) is 0 Å². The zero-order valence-electron chi connectivity index (χ0n) is 18.7. The maximum absolute atomic E-state index is 4.47. The number of rotatable bonds is 6. The molecule has 0 nitrogen and oxygen atoms in total. The molecule has 0 bridgehead atoms. The summed E-state index contributed by atoms with van der Waals surface area (Å²) in [5.74, 6) is 1.38. The van der Waals surface area contributed by atoms with Gasteiger partial charge in [0.05, 0.1) is 0 Å². The minimum atomic E-state index is 0.406. The highest BCUT2D eigenvalue weighted by Gasteiger charge is 2.26. The Morgan fingerprint density at radius 1 is 0.652 bits per heavy atom. The summed E-state index contributed by atoms with van der Waals surface area (Å²) in [6.45, 7) is 31.9. The van der Waals surface area contributed by atoms with Gasteiger partial charge in [0.25, 0.3) is 0 Å². The van der Waals surface area contributed by atoms with Gasteiger partial charge in [-0.1, -0.05) is 95.2 Å². The van der Waals surface area contributed by atoms with Crippen molar-refractivity contribution in [3.05, 3.63) is 12.2 Å². The van der Waals surface area contributed by atoms with Crippen molar-refractivity contribution in [2.45, 2.75) is 109 Å². The van der Waals surface area contributed by atoms with Crippen LogP contribution in [0.1, 0.15) is 109 Å². The van der Waals surface area contributed by atoms with Gasteiger partial charge in [-0.15, -0.1) is 0 Å². The first-order valence-electron chi connectivity index (χ1n) is 9.69. The largest absolute Gasteiger partial charge is 0.0993 e. The van der Waals surface area contributed by atoms with E-state index in [1.807, 2.05) is 0 Å². The van der Waals surface area contributed by atoms with Crippen LogP contribution in [-0.2, 0) is 0 Å². The molecule has 0 N–H and O–H groups in total. The van der Waals surface area contributed by atoms with E-state index < -0.39 is 0 Å². The molecular weight excluding hydrogens is 276 g/mol. The molecule has 0 aliphatic rings. The summed E-state index contributed by atoms with van der Waals surface area (Å²) in [5, 5.41) is 0. The summed E-state index contributed by atoms with van der Waals surface area (Å²) in [6, 6.07) is 0. The van der Waals surface area contributed by atoms with Gasteiger partial charge in [-0.3, -0.25) is 0 Å². The normalized spacial score (nSPS) is 15.5. The predicted molar refractivity (Wildman–Crippen MR) is 110 cm³/mol. The smallest absolute Gasteiger partial charge is 0.0201 e. The Labute approximate surface area is 149 Å². The van der Waals surface area contributed by atoms with Gasteiger partial charge < -0.3 is 0 Å². The van der Waals surface area contributed by atoms with E-state index in [9.17, 15) is 0 Å². The zero-order valence-corrected chi connectivity index (χ0v) is 18.7. The Balaban J connectivity index is 0. The molecule has 0 amide bonds. The molecule has 0 saturated carbocycles. The summed E-state index contributed by atoms with van der Waals surface area (Å²) >= 11 is 0. The second kappa shape index (κ2) is 9.90. The van der Waals surface area contributed by atoms with Crippen LogP contribution < -0.4 is 0 Å². The highest BCUT2D eigenvalue weighted by atomic mass is 14.3. The molecular formula is C23H48. The summed E-state index contributed by atoms with van der Waals surface area (Å²) in [6.07, 6.45) is 5.00. The zero-order chi connectivity index (χ0) is 19.1. The molecule has 2 atom stereocenters. The van der Waals surface area contributed by atoms with Gasteiger partial charge in [-0.05, 0) is 53.8 Å². The maximum atomic E-state index is 4.47. The van der Waals surface area contributed by atoms with E-state index in [0.29, 0.717) is 28.1 Å². The van der Waals surface area contributed by atoms with Gasteiger partial charge in [0.1, 0.15) is 0 Å². The van der Waals surface area contributed by atoms with Crippen LogP contribution in [0.25, 0.3) is 0 Å². The fourth-order valence-corrected chi connectivity index (χ4v) is 2.89. The molecule has 0 heterocycles. The molecule has 0 fully saturated rings. The van der Waals surface area contributed by atoms with Crippen molar-refractivity contribution in [1.29, 1.82) is 0 Å². The van der Waals surface area contributed by atoms with Crippen molar-refractivity contribution < 1.29 is 0 Å². The lowest BCUT2D eigenvalue weighted by Crippen LogP contribution is -2.21. The third-order valence-electron chi connectivity index (χ3n) is 3.75. The topological polar surface area (TPSA) is 0 Å². The quantitative estimate of drug-likeness (QED) is 0.429. The third kappa shape index (κ3) is 17.9. The average Bonchev–Trinajstić information content (AvgIpc) is 2.27. The van der Waals surface area contributed by atoms with Crippen molar-refractivity contribution in [2.24, 2.45) is 28.1 Å². The van der Waals surface area contributed by atoms with Gasteiger partial charge in [0.2, 0.25) is 0 Å². The van der Waals surface area contributed by atoms with Crippen molar-refractivity contribution in [1.82, 2.24) is 0 Å². The molecule has 0 aromatic heterocycles. The second-order valence-corrected chi connectivity index (χ2v) is 11.3. The highest BCUT2D eigenvalue weighted by molar-refractivity contribution is 5.07. The average molecular weight is 325 g/mol. The van der Waals surface area contributed by atoms with E-state index in [4.69, 9.17) is 0 Å². The summed E-state index contributed by atoms with van der Waals surface area (Å²) in [7, 11) is 0. The Bertz CT molecular complexity index is 281. The van der Waals surface area contributed by atoms with Crippen LogP contribution >= 0.6 is 0 Å². The number of hydrogen-bond acceptors (Lipinski definition) is 0. The van der Waals surface area contributed by atoms with Gasteiger partial charge in [-0.25, -0.2) is 0 Å². The predicted octanol–water partition coefficient (Wildman–Crippen LogP) is 8.52. The monoisotopic (exact) mass is 324 g/mol. The summed E-state index contributed by atoms with van der Waals surface area (Å²) in [5.41, 5.74) is 2.82. The molecule has 0 aromatic rings. The van der Waals surface area contributed by atoms with E-state index in [1.165, 1.54) is 31.3 Å². The van der Waals surface area contributed by atoms with Gasteiger partial charge >= 0.3 is 0 Å². The first-order valence-corrected chi connectivity index (χ1v) is 9.69.